The summed E-state index contributed by atoms with van der Waals surface area (Å²) in [6, 6.07) is 1.80. The molecule has 0 heterocycles. The lowest BCUT2D eigenvalue weighted by Crippen LogP contribution is -2.06. The zero-order valence-corrected chi connectivity index (χ0v) is 13.4. The smallest absolute Gasteiger partial charge is 0.337 e. The van der Waals surface area contributed by atoms with Gasteiger partial charge in [-0.3, -0.25) is 0 Å². The highest BCUT2D eigenvalue weighted by atomic mass is 127. The van der Waals surface area contributed by atoms with E-state index in [1.54, 1.807) is 6.07 Å². The zero-order valence-electron chi connectivity index (χ0n) is 6.97. The third-order valence-electron chi connectivity index (χ3n) is 1.55. The molecule has 0 aromatic heterocycles. The first-order valence-electron chi connectivity index (χ1n) is 3.43. The second kappa shape index (κ2) is 5.14. The third kappa shape index (κ3) is 2.43. The first kappa shape index (κ1) is 12.7. The van der Waals surface area contributed by atoms with E-state index in [1.807, 2.05) is 45.2 Å². The van der Waals surface area contributed by atoms with Crippen LogP contribution in [0.4, 0.5) is 0 Å². The largest absolute Gasteiger partial charge is 0.495 e. The van der Waals surface area contributed by atoms with Crippen molar-refractivity contribution in [2.75, 3.05) is 7.11 Å². The Morgan fingerprint density at radius 2 is 1.93 bits per heavy atom. The lowest BCUT2D eigenvalue weighted by Gasteiger charge is -2.10. The predicted molar refractivity (Wildman–Crippen MR) is 78.1 cm³/mol. The van der Waals surface area contributed by atoms with Crippen LogP contribution < -0.4 is 4.74 Å². The SMILES string of the molecule is COc1c(I)cc(I)c(C(=O)O)c1I. The first-order valence-corrected chi connectivity index (χ1v) is 6.67. The number of rotatable bonds is 2. The van der Waals surface area contributed by atoms with Gasteiger partial charge in [-0.25, -0.2) is 4.79 Å². The van der Waals surface area contributed by atoms with Gasteiger partial charge in [0.1, 0.15) is 5.75 Å². The average molecular weight is 530 g/mol. The highest BCUT2D eigenvalue weighted by molar-refractivity contribution is 14.1. The van der Waals surface area contributed by atoms with Crippen molar-refractivity contribution in [2.45, 2.75) is 0 Å². The molecule has 0 amide bonds. The van der Waals surface area contributed by atoms with E-state index in [4.69, 9.17) is 9.84 Å². The van der Waals surface area contributed by atoms with E-state index >= 15 is 0 Å². The second-order valence-electron chi connectivity index (χ2n) is 2.37. The van der Waals surface area contributed by atoms with Crippen molar-refractivity contribution in [3.63, 3.8) is 0 Å². The molecule has 0 spiro atoms. The number of carboxylic acid groups (broad SMARTS) is 1. The molecule has 0 bridgehead atoms. The number of benzene rings is 1. The minimum atomic E-state index is -0.923. The van der Waals surface area contributed by atoms with Gasteiger partial charge in [-0.15, -0.1) is 0 Å². The minimum absolute atomic E-state index is 0.309. The number of ether oxygens (including phenoxy) is 1. The van der Waals surface area contributed by atoms with Crippen LogP contribution in [0.3, 0.4) is 0 Å². The second-order valence-corrected chi connectivity index (χ2v) is 5.77. The number of carbonyl (C=O) groups is 1. The highest BCUT2D eigenvalue weighted by Gasteiger charge is 2.19. The monoisotopic (exact) mass is 530 g/mol. The van der Waals surface area contributed by atoms with Crippen LogP contribution in [-0.2, 0) is 0 Å². The lowest BCUT2D eigenvalue weighted by atomic mass is 10.2. The van der Waals surface area contributed by atoms with Crippen molar-refractivity contribution in [1.29, 1.82) is 0 Å². The molecule has 76 valence electrons. The molecule has 0 radical (unpaired) electrons. The fraction of sp³-hybridized carbons (Fsp3) is 0.125. The third-order valence-corrected chi connectivity index (χ3v) is 4.23. The van der Waals surface area contributed by atoms with Crippen molar-refractivity contribution in [1.82, 2.24) is 0 Å². The maximum atomic E-state index is 11.0. The summed E-state index contributed by atoms with van der Waals surface area (Å²) in [6.45, 7) is 0. The molecule has 3 nitrogen and oxygen atoms in total. The van der Waals surface area contributed by atoms with Crippen molar-refractivity contribution in [2.24, 2.45) is 0 Å². The van der Waals surface area contributed by atoms with Gasteiger partial charge in [-0.2, -0.15) is 0 Å². The Balaban J connectivity index is 3.52. The van der Waals surface area contributed by atoms with Crippen LogP contribution in [0.5, 0.6) is 5.75 Å². The van der Waals surface area contributed by atoms with Crippen LogP contribution >= 0.6 is 67.8 Å². The standard InChI is InChI=1S/C8H5I3O3/c1-14-7-4(10)2-3(9)5(6(7)11)8(12)13/h2H,1H3,(H,12,13). The fourth-order valence-corrected chi connectivity index (χ4v) is 5.23. The molecule has 0 unspecified atom stereocenters. The summed E-state index contributed by atoms with van der Waals surface area (Å²) in [7, 11) is 1.54. The first-order chi connectivity index (χ1) is 6.49. The molecule has 0 atom stereocenters. The van der Waals surface area contributed by atoms with E-state index in [0.717, 1.165) is 7.14 Å². The summed E-state index contributed by atoms with van der Waals surface area (Å²) < 4.78 is 7.43. The number of aromatic carboxylic acids is 1. The van der Waals surface area contributed by atoms with E-state index in [0.29, 0.717) is 14.9 Å². The van der Waals surface area contributed by atoms with Crippen LogP contribution in [0.15, 0.2) is 6.07 Å². The molecule has 1 rings (SSSR count). The van der Waals surface area contributed by atoms with E-state index in [-0.39, 0.29) is 0 Å². The molecular formula is C8H5I3O3. The van der Waals surface area contributed by atoms with Crippen molar-refractivity contribution >= 4 is 73.7 Å². The van der Waals surface area contributed by atoms with Crippen LogP contribution in [-0.4, -0.2) is 18.2 Å². The maximum absolute atomic E-state index is 11.0. The molecule has 0 saturated heterocycles. The lowest BCUT2D eigenvalue weighted by molar-refractivity contribution is 0.0694. The molecule has 14 heavy (non-hydrogen) atoms. The van der Waals surface area contributed by atoms with Crippen LogP contribution in [0, 0.1) is 10.7 Å². The summed E-state index contributed by atoms with van der Waals surface area (Å²) in [6.07, 6.45) is 0. The van der Waals surface area contributed by atoms with Gasteiger partial charge in [0.15, 0.2) is 0 Å². The number of halogens is 3. The highest BCUT2D eigenvalue weighted by Crippen LogP contribution is 2.33. The summed E-state index contributed by atoms with van der Waals surface area (Å²) in [5, 5.41) is 8.99. The normalized spacial score (nSPS) is 10.0. The number of hydrogen-bond donors (Lipinski definition) is 1. The van der Waals surface area contributed by atoms with Gasteiger partial charge in [0.2, 0.25) is 0 Å². The van der Waals surface area contributed by atoms with Crippen molar-refractivity contribution in [3.8, 4) is 5.75 Å². The van der Waals surface area contributed by atoms with Gasteiger partial charge >= 0.3 is 5.97 Å². The summed E-state index contributed by atoms with van der Waals surface area (Å²) in [5.41, 5.74) is 0.309. The predicted octanol–water partition coefficient (Wildman–Crippen LogP) is 3.21. The molecule has 1 N–H and O–H groups in total. The molecule has 0 fully saturated rings. The van der Waals surface area contributed by atoms with Gasteiger partial charge in [-0.1, -0.05) is 0 Å². The molecule has 0 aliphatic heterocycles. The van der Waals surface area contributed by atoms with E-state index in [1.165, 1.54) is 7.11 Å². The molecule has 6 heteroatoms. The number of hydrogen-bond acceptors (Lipinski definition) is 2. The van der Waals surface area contributed by atoms with Crippen LogP contribution in [0.1, 0.15) is 10.4 Å². The molecule has 0 aliphatic carbocycles. The van der Waals surface area contributed by atoms with Gasteiger partial charge < -0.3 is 9.84 Å². The van der Waals surface area contributed by atoms with Gasteiger partial charge in [0.05, 0.1) is 19.8 Å². The minimum Gasteiger partial charge on any atom is -0.495 e. The average Bonchev–Trinajstić information content (AvgIpc) is 2.02. The zero-order chi connectivity index (χ0) is 10.9. The van der Waals surface area contributed by atoms with E-state index in [9.17, 15) is 4.79 Å². The van der Waals surface area contributed by atoms with E-state index < -0.39 is 5.97 Å². The van der Waals surface area contributed by atoms with Gasteiger partial charge in [0.25, 0.3) is 0 Å². The molecule has 1 aromatic carbocycles. The topological polar surface area (TPSA) is 46.5 Å². The van der Waals surface area contributed by atoms with Crippen molar-refractivity contribution < 1.29 is 14.6 Å². The van der Waals surface area contributed by atoms with Gasteiger partial charge in [-0.05, 0) is 73.8 Å². The fourth-order valence-electron chi connectivity index (χ4n) is 0.955. The van der Waals surface area contributed by atoms with Gasteiger partial charge in [0, 0.05) is 3.57 Å². The number of carboxylic acids is 1. The molecule has 0 aliphatic rings. The quantitative estimate of drug-likeness (QED) is 0.599. The molecule has 1 aromatic rings. The Bertz CT molecular complexity index is 390. The Morgan fingerprint density at radius 1 is 1.36 bits per heavy atom. The maximum Gasteiger partial charge on any atom is 0.337 e. The Labute approximate surface area is 122 Å². The molecular weight excluding hydrogens is 525 g/mol. The number of methoxy groups -OCH3 is 1. The summed E-state index contributed by atoms with van der Waals surface area (Å²) in [5.74, 6) is -0.294. The Kier molecular flexibility index (Phi) is 4.68. The summed E-state index contributed by atoms with van der Waals surface area (Å²) >= 11 is 6.13. The summed E-state index contributed by atoms with van der Waals surface area (Å²) in [4.78, 5) is 11.0. The Morgan fingerprint density at radius 3 is 2.36 bits per heavy atom. The van der Waals surface area contributed by atoms with Crippen LogP contribution in [0.25, 0.3) is 0 Å². The Hall–Kier alpha value is 0.680. The van der Waals surface area contributed by atoms with Crippen LogP contribution in [0.2, 0.25) is 0 Å². The van der Waals surface area contributed by atoms with E-state index in [2.05, 4.69) is 22.6 Å². The van der Waals surface area contributed by atoms with Crippen molar-refractivity contribution in [3.05, 3.63) is 22.3 Å². The molecule has 0 saturated carbocycles.